The molecule has 1 aliphatic heterocycles. The Bertz CT molecular complexity index is 453. The van der Waals surface area contributed by atoms with Crippen LogP contribution in [0.2, 0.25) is 0 Å². The van der Waals surface area contributed by atoms with Gasteiger partial charge in [-0.25, -0.2) is 0 Å². The summed E-state index contributed by atoms with van der Waals surface area (Å²) in [6, 6.07) is 5.82. The first-order valence-electron chi connectivity index (χ1n) is 6.79. The molecule has 1 aromatic rings. The molecule has 1 heterocycles. The van der Waals surface area contributed by atoms with Gasteiger partial charge in [0, 0.05) is 16.6 Å². The number of amides is 1. The fraction of sp³-hybridized carbons (Fsp3) is 0.533. The van der Waals surface area contributed by atoms with E-state index in [0.717, 1.165) is 35.2 Å². The maximum Gasteiger partial charge on any atom is 0.251 e. The van der Waals surface area contributed by atoms with Gasteiger partial charge < -0.3 is 10.2 Å². The van der Waals surface area contributed by atoms with Gasteiger partial charge in [-0.1, -0.05) is 22.0 Å². The van der Waals surface area contributed by atoms with Crippen LogP contribution in [0.3, 0.4) is 0 Å². The number of piperidine rings is 1. The monoisotopic (exact) mass is 324 g/mol. The maximum absolute atomic E-state index is 12.2. The number of carbonyl (C=O) groups is 1. The molecule has 0 atom stereocenters. The SMILES string of the molecule is Cc1ccc(Br)cc1C(=O)NCC1CCN(C)CC1. The third kappa shape index (κ3) is 4.05. The molecule has 104 valence electrons. The average molecular weight is 325 g/mol. The molecule has 1 N–H and O–H groups in total. The van der Waals surface area contributed by atoms with Crippen molar-refractivity contribution in [3.05, 3.63) is 33.8 Å². The van der Waals surface area contributed by atoms with E-state index in [1.54, 1.807) is 0 Å². The number of rotatable bonds is 3. The van der Waals surface area contributed by atoms with Gasteiger partial charge in [-0.05, 0) is 63.5 Å². The van der Waals surface area contributed by atoms with E-state index < -0.39 is 0 Å². The number of halogens is 1. The zero-order chi connectivity index (χ0) is 13.8. The van der Waals surface area contributed by atoms with Crippen LogP contribution in [-0.4, -0.2) is 37.5 Å². The number of hydrogen-bond acceptors (Lipinski definition) is 2. The molecule has 0 unspecified atom stereocenters. The van der Waals surface area contributed by atoms with Crippen LogP contribution in [0.1, 0.15) is 28.8 Å². The van der Waals surface area contributed by atoms with Gasteiger partial charge in [0.2, 0.25) is 0 Å². The van der Waals surface area contributed by atoms with E-state index in [1.165, 1.54) is 12.8 Å². The summed E-state index contributed by atoms with van der Waals surface area (Å²) in [5.74, 6) is 0.658. The molecule has 1 aromatic carbocycles. The molecule has 3 nitrogen and oxygen atoms in total. The Kier molecular flexibility index (Phi) is 4.99. The van der Waals surface area contributed by atoms with Crippen LogP contribution >= 0.6 is 15.9 Å². The molecule has 1 aliphatic rings. The van der Waals surface area contributed by atoms with Crippen LogP contribution in [0.5, 0.6) is 0 Å². The van der Waals surface area contributed by atoms with Crippen LogP contribution in [0.15, 0.2) is 22.7 Å². The molecule has 1 saturated heterocycles. The standard InChI is InChI=1S/C15H21BrN2O/c1-11-3-4-13(16)9-14(11)15(19)17-10-12-5-7-18(2)8-6-12/h3-4,9,12H,5-8,10H2,1-2H3,(H,17,19). The highest BCUT2D eigenvalue weighted by Gasteiger charge is 2.18. The van der Waals surface area contributed by atoms with Crippen molar-refractivity contribution in [2.24, 2.45) is 5.92 Å². The largest absolute Gasteiger partial charge is 0.352 e. The smallest absolute Gasteiger partial charge is 0.251 e. The fourth-order valence-corrected chi connectivity index (χ4v) is 2.80. The van der Waals surface area contributed by atoms with E-state index in [0.29, 0.717) is 5.92 Å². The summed E-state index contributed by atoms with van der Waals surface area (Å²) in [4.78, 5) is 14.5. The fourth-order valence-electron chi connectivity index (χ4n) is 2.44. The highest BCUT2D eigenvalue weighted by molar-refractivity contribution is 9.10. The summed E-state index contributed by atoms with van der Waals surface area (Å²) in [5.41, 5.74) is 1.78. The van der Waals surface area contributed by atoms with E-state index >= 15 is 0 Å². The number of hydrogen-bond donors (Lipinski definition) is 1. The lowest BCUT2D eigenvalue weighted by atomic mass is 9.97. The number of nitrogens with zero attached hydrogens (tertiary/aromatic N) is 1. The Morgan fingerprint density at radius 1 is 1.42 bits per heavy atom. The number of carbonyl (C=O) groups excluding carboxylic acids is 1. The van der Waals surface area contributed by atoms with Gasteiger partial charge in [0.25, 0.3) is 5.91 Å². The molecule has 0 spiro atoms. The molecule has 4 heteroatoms. The van der Waals surface area contributed by atoms with E-state index in [9.17, 15) is 4.79 Å². The number of likely N-dealkylation sites (tertiary alicyclic amines) is 1. The molecular weight excluding hydrogens is 304 g/mol. The molecule has 19 heavy (non-hydrogen) atoms. The number of nitrogens with one attached hydrogen (secondary N) is 1. The molecular formula is C15H21BrN2O. The van der Waals surface area contributed by atoms with E-state index in [4.69, 9.17) is 0 Å². The Labute approximate surface area is 123 Å². The van der Waals surface area contributed by atoms with Gasteiger partial charge in [-0.3, -0.25) is 4.79 Å². The highest BCUT2D eigenvalue weighted by Crippen LogP contribution is 2.17. The molecule has 1 fully saturated rings. The Morgan fingerprint density at radius 2 is 2.11 bits per heavy atom. The Morgan fingerprint density at radius 3 is 2.79 bits per heavy atom. The van der Waals surface area contributed by atoms with E-state index in [1.807, 2.05) is 25.1 Å². The van der Waals surface area contributed by atoms with Crippen LogP contribution in [0, 0.1) is 12.8 Å². The van der Waals surface area contributed by atoms with Crippen molar-refractivity contribution in [1.82, 2.24) is 10.2 Å². The Balaban J connectivity index is 1.89. The van der Waals surface area contributed by atoms with Crippen molar-refractivity contribution in [1.29, 1.82) is 0 Å². The average Bonchev–Trinajstić information content (AvgIpc) is 2.40. The minimum atomic E-state index is 0.0396. The quantitative estimate of drug-likeness (QED) is 0.927. The van der Waals surface area contributed by atoms with Crippen molar-refractivity contribution < 1.29 is 4.79 Å². The van der Waals surface area contributed by atoms with Crippen LogP contribution in [0.25, 0.3) is 0 Å². The zero-order valence-electron chi connectivity index (χ0n) is 11.6. The second-order valence-corrected chi connectivity index (χ2v) is 6.33. The first-order chi connectivity index (χ1) is 9.06. The lowest BCUT2D eigenvalue weighted by molar-refractivity contribution is 0.0938. The topological polar surface area (TPSA) is 32.3 Å². The summed E-state index contributed by atoms with van der Waals surface area (Å²) < 4.78 is 0.947. The maximum atomic E-state index is 12.2. The van der Waals surface area contributed by atoms with E-state index in [-0.39, 0.29) is 5.91 Å². The van der Waals surface area contributed by atoms with Gasteiger partial charge in [0.1, 0.15) is 0 Å². The lowest BCUT2D eigenvalue weighted by Crippen LogP contribution is -2.37. The van der Waals surface area contributed by atoms with Crippen molar-refractivity contribution in [3.63, 3.8) is 0 Å². The van der Waals surface area contributed by atoms with Crippen molar-refractivity contribution >= 4 is 21.8 Å². The van der Waals surface area contributed by atoms with Crippen LogP contribution in [-0.2, 0) is 0 Å². The second-order valence-electron chi connectivity index (χ2n) is 5.42. The second kappa shape index (κ2) is 6.53. The first-order valence-corrected chi connectivity index (χ1v) is 7.58. The summed E-state index contributed by atoms with van der Waals surface area (Å²) in [6.45, 7) is 5.03. The number of aryl methyl sites for hydroxylation is 1. The molecule has 0 aromatic heterocycles. The molecule has 1 amide bonds. The molecule has 2 rings (SSSR count). The van der Waals surface area contributed by atoms with Gasteiger partial charge in [0.05, 0.1) is 0 Å². The van der Waals surface area contributed by atoms with Crippen LogP contribution < -0.4 is 5.32 Å². The predicted octanol–water partition coefficient (Wildman–Crippen LogP) is 2.83. The van der Waals surface area contributed by atoms with Gasteiger partial charge in [-0.2, -0.15) is 0 Å². The number of benzene rings is 1. The zero-order valence-corrected chi connectivity index (χ0v) is 13.2. The van der Waals surface area contributed by atoms with E-state index in [2.05, 4.69) is 33.2 Å². The van der Waals surface area contributed by atoms with Gasteiger partial charge in [0.15, 0.2) is 0 Å². The van der Waals surface area contributed by atoms with Gasteiger partial charge in [-0.15, -0.1) is 0 Å². The molecule has 0 bridgehead atoms. The van der Waals surface area contributed by atoms with Crippen LogP contribution in [0.4, 0.5) is 0 Å². The third-order valence-corrected chi connectivity index (χ3v) is 4.33. The minimum Gasteiger partial charge on any atom is -0.352 e. The predicted molar refractivity (Wildman–Crippen MR) is 81.4 cm³/mol. The van der Waals surface area contributed by atoms with Crippen molar-refractivity contribution in [2.45, 2.75) is 19.8 Å². The van der Waals surface area contributed by atoms with Gasteiger partial charge >= 0.3 is 0 Å². The first kappa shape index (κ1) is 14.5. The molecule has 0 saturated carbocycles. The highest BCUT2D eigenvalue weighted by atomic mass is 79.9. The molecule has 0 radical (unpaired) electrons. The summed E-state index contributed by atoms with van der Waals surface area (Å²) in [6.07, 6.45) is 2.35. The Hall–Kier alpha value is -0.870. The summed E-state index contributed by atoms with van der Waals surface area (Å²) in [7, 11) is 2.15. The molecule has 0 aliphatic carbocycles. The lowest BCUT2D eigenvalue weighted by Gasteiger charge is -2.29. The third-order valence-electron chi connectivity index (χ3n) is 3.83. The summed E-state index contributed by atoms with van der Waals surface area (Å²) >= 11 is 3.41. The summed E-state index contributed by atoms with van der Waals surface area (Å²) in [5, 5.41) is 3.07. The normalized spacial score (nSPS) is 17.4. The van der Waals surface area contributed by atoms with Crippen molar-refractivity contribution in [2.75, 3.05) is 26.7 Å². The minimum absolute atomic E-state index is 0.0396. The van der Waals surface area contributed by atoms with Crippen molar-refractivity contribution in [3.8, 4) is 0 Å².